The normalized spacial score (nSPS) is 19.0. The highest BCUT2D eigenvalue weighted by molar-refractivity contribution is 5.94. The van der Waals surface area contributed by atoms with E-state index < -0.39 is 0 Å². The summed E-state index contributed by atoms with van der Waals surface area (Å²) in [5, 5.41) is 6.29. The molecule has 1 amide bonds. The van der Waals surface area contributed by atoms with E-state index in [0.717, 1.165) is 37.7 Å². The van der Waals surface area contributed by atoms with Crippen molar-refractivity contribution >= 4 is 17.6 Å². The number of likely N-dealkylation sites (tertiary alicyclic amines) is 1. The number of hydrogen-bond donors (Lipinski definition) is 2. The Balaban J connectivity index is 1.58. The zero-order chi connectivity index (χ0) is 17.7. The second-order valence-electron chi connectivity index (χ2n) is 7.30. The predicted octanol–water partition coefficient (Wildman–Crippen LogP) is 3.03. The lowest BCUT2D eigenvalue weighted by Crippen LogP contribution is -2.43. The standard InChI is InChI=1S/C20H30N4O/c1-3-16-7-5-8-17(13-16)23-18(25)14-22-19(21-4-2)24-12-11-20(15-24)9-6-10-20/h5,7-8,13H,3-4,6,9-12,14-15H2,1-2H3,(H,21,22)(H,23,25). The third kappa shape index (κ3) is 4.33. The molecule has 1 aromatic carbocycles. The van der Waals surface area contributed by atoms with E-state index in [1.165, 1.54) is 31.2 Å². The van der Waals surface area contributed by atoms with Gasteiger partial charge in [-0.1, -0.05) is 25.5 Å². The molecule has 1 spiro atoms. The van der Waals surface area contributed by atoms with Gasteiger partial charge in [0, 0.05) is 25.3 Å². The molecule has 1 saturated heterocycles. The SMILES string of the molecule is CCNC(=NCC(=O)Nc1cccc(CC)c1)N1CCC2(CCC2)C1. The first-order chi connectivity index (χ1) is 12.1. The number of rotatable bonds is 5. The molecule has 1 aromatic rings. The second kappa shape index (κ2) is 7.89. The Morgan fingerprint density at radius 3 is 2.76 bits per heavy atom. The van der Waals surface area contributed by atoms with E-state index >= 15 is 0 Å². The number of nitrogens with zero attached hydrogens (tertiary/aromatic N) is 2. The molecule has 2 fully saturated rings. The van der Waals surface area contributed by atoms with Crippen molar-refractivity contribution in [1.29, 1.82) is 0 Å². The maximum absolute atomic E-state index is 12.3. The Kier molecular flexibility index (Phi) is 5.61. The monoisotopic (exact) mass is 342 g/mol. The summed E-state index contributed by atoms with van der Waals surface area (Å²) in [6, 6.07) is 7.99. The van der Waals surface area contributed by atoms with Crippen LogP contribution >= 0.6 is 0 Å². The van der Waals surface area contributed by atoms with E-state index in [2.05, 4.69) is 40.4 Å². The molecule has 1 aliphatic heterocycles. The molecule has 1 aliphatic carbocycles. The zero-order valence-electron chi connectivity index (χ0n) is 15.5. The molecule has 5 nitrogen and oxygen atoms in total. The number of guanidine groups is 1. The van der Waals surface area contributed by atoms with Gasteiger partial charge in [0.2, 0.25) is 5.91 Å². The number of carbonyl (C=O) groups is 1. The summed E-state index contributed by atoms with van der Waals surface area (Å²) < 4.78 is 0. The van der Waals surface area contributed by atoms with Crippen molar-refractivity contribution in [1.82, 2.24) is 10.2 Å². The summed E-state index contributed by atoms with van der Waals surface area (Å²) in [5.41, 5.74) is 2.59. The quantitative estimate of drug-likeness (QED) is 0.639. The molecule has 0 aromatic heterocycles. The van der Waals surface area contributed by atoms with E-state index in [1.54, 1.807) is 0 Å². The van der Waals surface area contributed by atoms with Crippen molar-refractivity contribution < 1.29 is 4.79 Å². The van der Waals surface area contributed by atoms with Gasteiger partial charge in [0.25, 0.3) is 0 Å². The lowest BCUT2D eigenvalue weighted by atomic mass is 9.68. The van der Waals surface area contributed by atoms with Crippen molar-refractivity contribution in [3.05, 3.63) is 29.8 Å². The fourth-order valence-corrected chi connectivity index (χ4v) is 3.84. The third-order valence-corrected chi connectivity index (χ3v) is 5.48. The van der Waals surface area contributed by atoms with Crippen molar-refractivity contribution in [2.45, 2.75) is 46.0 Å². The smallest absolute Gasteiger partial charge is 0.246 e. The second-order valence-corrected chi connectivity index (χ2v) is 7.30. The Bertz CT molecular complexity index is 636. The molecular formula is C20H30N4O. The summed E-state index contributed by atoms with van der Waals surface area (Å²) in [4.78, 5) is 19.2. The Morgan fingerprint density at radius 2 is 2.12 bits per heavy atom. The number of amides is 1. The minimum atomic E-state index is -0.0683. The van der Waals surface area contributed by atoms with Gasteiger partial charge in [-0.15, -0.1) is 0 Å². The Morgan fingerprint density at radius 1 is 1.28 bits per heavy atom. The van der Waals surface area contributed by atoms with Crippen LogP contribution in [0, 0.1) is 5.41 Å². The van der Waals surface area contributed by atoms with E-state index in [4.69, 9.17) is 0 Å². The van der Waals surface area contributed by atoms with E-state index in [9.17, 15) is 4.79 Å². The highest BCUT2D eigenvalue weighted by Crippen LogP contribution is 2.47. The van der Waals surface area contributed by atoms with Crippen LogP contribution in [0.25, 0.3) is 0 Å². The van der Waals surface area contributed by atoms with Crippen LogP contribution in [-0.4, -0.2) is 42.9 Å². The molecule has 3 rings (SSSR count). The predicted molar refractivity (Wildman–Crippen MR) is 103 cm³/mol. The fraction of sp³-hybridized carbons (Fsp3) is 0.600. The maximum Gasteiger partial charge on any atom is 0.246 e. The van der Waals surface area contributed by atoms with Crippen LogP contribution in [0.3, 0.4) is 0 Å². The maximum atomic E-state index is 12.3. The van der Waals surface area contributed by atoms with Crippen molar-refractivity contribution in [2.75, 3.05) is 31.5 Å². The highest BCUT2D eigenvalue weighted by atomic mass is 16.1. The lowest BCUT2D eigenvalue weighted by Gasteiger charge is -2.38. The molecule has 2 aliphatic rings. The molecule has 2 N–H and O–H groups in total. The molecule has 0 bridgehead atoms. The first-order valence-corrected chi connectivity index (χ1v) is 9.56. The van der Waals surface area contributed by atoms with E-state index in [-0.39, 0.29) is 12.5 Å². The first kappa shape index (κ1) is 17.8. The summed E-state index contributed by atoms with van der Waals surface area (Å²) in [6.07, 6.45) is 6.27. The molecule has 25 heavy (non-hydrogen) atoms. The zero-order valence-corrected chi connectivity index (χ0v) is 15.5. The fourth-order valence-electron chi connectivity index (χ4n) is 3.84. The number of hydrogen-bond acceptors (Lipinski definition) is 2. The van der Waals surface area contributed by atoms with Gasteiger partial charge >= 0.3 is 0 Å². The van der Waals surface area contributed by atoms with Crippen LogP contribution in [0.5, 0.6) is 0 Å². The van der Waals surface area contributed by atoms with Crippen LogP contribution in [0.2, 0.25) is 0 Å². The molecule has 1 saturated carbocycles. The van der Waals surface area contributed by atoms with Gasteiger partial charge in [0.05, 0.1) is 0 Å². The average molecular weight is 342 g/mol. The molecular weight excluding hydrogens is 312 g/mol. The van der Waals surface area contributed by atoms with Crippen molar-refractivity contribution in [3.63, 3.8) is 0 Å². The summed E-state index contributed by atoms with van der Waals surface area (Å²) in [6.45, 7) is 7.29. The van der Waals surface area contributed by atoms with Crippen LogP contribution in [0.15, 0.2) is 29.3 Å². The number of benzene rings is 1. The van der Waals surface area contributed by atoms with Crippen LogP contribution < -0.4 is 10.6 Å². The van der Waals surface area contributed by atoms with Crippen LogP contribution in [0.4, 0.5) is 5.69 Å². The topological polar surface area (TPSA) is 56.7 Å². The lowest BCUT2D eigenvalue weighted by molar-refractivity contribution is -0.114. The Hall–Kier alpha value is -2.04. The van der Waals surface area contributed by atoms with E-state index in [0.29, 0.717) is 5.41 Å². The number of nitrogens with one attached hydrogen (secondary N) is 2. The molecule has 0 radical (unpaired) electrons. The molecule has 0 atom stereocenters. The number of carbonyl (C=O) groups excluding carboxylic acids is 1. The number of aliphatic imine (C=N–C) groups is 1. The highest BCUT2D eigenvalue weighted by Gasteiger charge is 2.43. The first-order valence-electron chi connectivity index (χ1n) is 9.56. The molecule has 0 unspecified atom stereocenters. The van der Waals surface area contributed by atoms with Gasteiger partial charge < -0.3 is 15.5 Å². The number of anilines is 1. The van der Waals surface area contributed by atoms with Gasteiger partial charge in [0.1, 0.15) is 6.54 Å². The van der Waals surface area contributed by atoms with Gasteiger partial charge in [-0.2, -0.15) is 0 Å². The Labute approximate surface area is 150 Å². The van der Waals surface area contributed by atoms with E-state index in [1.807, 2.05) is 18.2 Å². The third-order valence-electron chi connectivity index (χ3n) is 5.48. The van der Waals surface area contributed by atoms with Crippen LogP contribution in [-0.2, 0) is 11.2 Å². The van der Waals surface area contributed by atoms with Crippen LogP contribution in [0.1, 0.15) is 45.1 Å². The van der Waals surface area contributed by atoms with Gasteiger partial charge in [-0.25, -0.2) is 4.99 Å². The minimum absolute atomic E-state index is 0.0683. The minimum Gasteiger partial charge on any atom is -0.357 e. The van der Waals surface area contributed by atoms with Gasteiger partial charge in [-0.3, -0.25) is 4.79 Å². The summed E-state index contributed by atoms with van der Waals surface area (Å²) in [5.74, 6) is 0.810. The summed E-state index contributed by atoms with van der Waals surface area (Å²) >= 11 is 0. The van der Waals surface area contributed by atoms with Gasteiger partial charge in [-0.05, 0) is 55.7 Å². The largest absolute Gasteiger partial charge is 0.357 e. The summed E-state index contributed by atoms with van der Waals surface area (Å²) in [7, 11) is 0. The molecule has 5 heteroatoms. The molecule has 136 valence electrons. The van der Waals surface area contributed by atoms with Gasteiger partial charge in [0.15, 0.2) is 5.96 Å². The average Bonchev–Trinajstić information content (AvgIpc) is 3.04. The van der Waals surface area contributed by atoms with Crippen molar-refractivity contribution in [2.24, 2.45) is 10.4 Å². The number of aryl methyl sites for hydroxylation is 1. The van der Waals surface area contributed by atoms with Crippen molar-refractivity contribution in [3.8, 4) is 0 Å². The molecule has 1 heterocycles.